The predicted molar refractivity (Wildman–Crippen MR) is 127 cm³/mol. The molecular formula is C23H25ClN6O3. The Hall–Kier alpha value is -3.30. The van der Waals surface area contributed by atoms with Crippen molar-refractivity contribution in [3.63, 3.8) is 0 Å². The van der Waals surface area contributed by atoms with E-state index in [1.54, 1.807) is 26.5 Å². The number of nitrogens with one attached hydrogen (secondary N) is 1. The van der Waals surface area contributed by atoms with E-state index in [1.165, 1.54) is 0 Å². The van der Waals surface area contributed by atoms with Gasteiger partial charge in [0.15, 0.2) is 5.75 Å². The molecule has 5 heterocycles. The fourth-order valence-electron chi connectivity index (χ4n) is 4.23. The Morgan fingerprint density at radius 2 is 1.97 bits per heavy atom. The van der Waals surface area contributed by atoms with E-state index in [2.05, 4.69) is 21.9 Å². The molecule has 0 radical (unpaired) electrons. The lowest BCUT2D eigenvalue weighted by atomic mass is 10.2. The molecule has 1 aliphatic rings. The summed E-state index contributed by atoms with van der Waals surface area (Å²) in [7, 11) is 5.19. The van der Waals surface area contributed by atoms with Crippen LogP contribution in [0.5, 0.6) is 11.6 Å². The third-order valence-electron chi connectivity index (χ3n) is 6.13. The number of H-pyrrole nitrogens is 1. The van der Waals surface area contributed by atoms with Gasteiger partial charge in [-0.05, 0) is 19.2 Å². The van der Waals surface area contributed by atoms with Crippen LogP contribution < -0.4 is 9.47 Å². The van der Waals surface area contributed by atoms with Crippen molar-refractivity contribution in [1.82, 2.24) is 29.3 Å². The molecule has 9 nitrogen and oxygen atoms in total. The van der Waals surface area contributed by atoms with Crippen molar-refractivity contribution in [2.75, 3.05) is 47.4 Å². The number of likely N-dealkylation sites (N-methyl/N-ethyl adjacent to an activating group) is 1. The van der Waals surface area contributed by atoms with Gasteiger partial charge in [0.05, 0.1) is 30.5 Å². The maximum absolute atomic E-state index is 13.1. The normalized spacial score (nSPS) is 14.8. The number of carbonyl (C=O) groups is 1. The van der Waals surface area contributed by atoms with Gasteiger partial charge in [0.1, 0.15) is 17.7 Å². The molecule has 0 aliphatic carbocycles. The van der Waals surface area contributed by atoms with Gasteiger partial charge in [-0.3, -0.25) is 4.79 Å². The van der Waals surface area contributed by atoms with Crippen molar-refractivity contribution < 1.29 is 14.3 Å². The van der Waals surface area contributed by atoms with E-state index in [0.29, 0.717) is 27.8 Å². The van der Waals surface area contributed by atoms with E-state index >= 15 is 0 Å². The zero-order valence-corrected chi connectivity index (χ0v) is 19.5. The summed E-state index contributed by atoms with van der Waals surface area (Å²) in [5.41, 5.74) is 3.80. The molecule has 10 heteroatoms. The van der Waals surface area contributed by atoms with E-state index < -0.39 is 0 Å². The second kappa shape index (κ2) is 8.57. The second-order valence-corrected chi connectivity index (χ2v) is 8.57. The minimum absolute atomic E-state index is 0.0719. The number of hydrogen-bond donors (Lipinski definition) is 1. The third kappa shape index (κ3) is 3.87. The summed E-state index contributed by atoms with van der Waals surface area (Å²) in [6.07, 6.45) is 3.60. The number of ether oxygens (including phenoxy) is 2. The summed E-state index contributed by atoms with van der Waals surface area (Å²) in [6.45, 7) is 3.40. The molecule has 1 N–H and O–H groups in total. The molecule has 4 aromatic rings. The number of halogens is 1. The van der Waals surface area contributed by atoms with Gasteiger partial charge in [0, 0.05) is 55.6 Å². The first-order valence-electron chi connectivity index (χ1n) is 10.7. The van der Waals surface area contributed by atoms with Crippen LogP contribution >= 0.6 is 11.6 Å². The average Bonchev–Trinajstić information content (AvgIpc) is 3.40. The Morgan fingerprint density at radius 1 is 1.18 bits per heavy atom. The van der Waals surface area contributed by atoms with Crippen LogP contribution in [0.4, 0.5) is 0 Å². The van der Waals surface area contributed by atoms with Crippen LogP contribution in [-0.2, 0) is 11.3 Å². The fourth-order valence-corrected chi connectivity index (χ4v) is 4.43. The molecule has 0 bridgehead atoms. The number of aromatic nitrogens is 4. The maximum atomic E-state index is 13.1. The molecule has 5 rings (SSSR count). The number of aromatic amines is 1. The van der Waals surface area contributed by atoms with Gasteiger partial charge >= 0.3 is 0 Å². The molecule has 1 fully saturated rings. The van der Waals surface area contributed by atoms with E-state index in [4.69, 9.17) is 26.1 Å². The largest absolute Gasteiger partial charge is 0.491 e. The van der Waals surface area contributed by atoms with E-state index in [0.717, 1.165) is 48.3 Å². The van der Waals surface area contributed by atoms with Gasteiger partial charge in [-0.1, -0.05) is 11.6 Å². The number of pyridine rings is 2. The monoisotopic (exact) mass is 468 g/mol. The minimum atomic E-state index is 0.0719. The van der Waals surface area contributed by atoms with Gasteiger partial charge in [-0.2, -0.15) is 0 Å². The lowest BCUT2D eigenvalue weighted by Gasteiger charge is -2.32. The summed E-state index contributed by atoms with van der Waals surface area (Å²) in [5.74, 6) is 0.952. The van der Waals surface area contributed by atoms with Crippen LogP contribution in [0, 0.1) is 0 Å². The topological polar surface area (TPSA) is 88.5 Å². The highest BCUT2D eigenvalue weighted by Gasteiger charge is 2.23. The van der Waals surface area contributed by atoms with Crippen molar-refractivity contribution in [2.45, 2.75) is 6.54 Å². The molecular weight excluding hydrogens is 444 g/mol. The van der Waals surface area contributed by atoms with Gasteiger partial charge in [0.2, 0.25) is 5.91 Å². The lowest BCUT2D eigenvalue weighted by molar-refractivity contribution is -0.133. The van der Waals surface area contributed by atoms with Crippen LogP contribution in [0.25, 0.3) is 33.3 Å². The highest BCUT2D eigenvalue weighted by atomic mass is 35.5. The van der Waals surface area contributed by atoms with Crippen LogP contribution in [0.3, 0.4) is 0 Å². The third-order valence-corrected chi connectivity index (χ3v) is 6.46. The molecule has 0 spiro atoms. The first-order chi connectivity index (χ1) is 16.0. The van der Waals surface area contributed by atoms with Gasteiger partial charge < -0.3 is 28.8 Å². The number of piperazine rings is 1. The molecule has 172 valence electrons. The van der Waals surface area contributed by atoms with Crippen molar-refractivity contribution >= 4 is 39.6 Å². The summed E-state index contributed by atoms with van der Waals surface area (Å²) < 4.78 is 12.8. The number of nitrogens with zero attached hydrogens (tertiary/aromatic N) is 5. The first kappa shape index (κ1) is 21.5. The summed E-state index contributed by atoms with van der Waals surface area (Å²) in [6, 6.07) is 5.56. The number of amides is 1. The number of fused-ring (bicyclic) bond motifs is 2. The smallest absolute Gasteiger partial charge is 0.257 e. The SMILES string of the molecule is COc1cc2c(nc1OC)c(-c1cc3c(Cl)ccnc3[nH]1)cn2CC(=O)N1CCN(C)CC1. The highest BCUT2D eigenvalue weighted by molar-refractivity contribution is 6.35. The lowest BCUT2D eigenvalue weighted by Crippen LogP contribution is -2.48. The molecule has 0 saturated carbocycles. The minimum Gasteiger partial charge on any atom is -0.491 e. The first-order valence-corrected chi connectivity index (χ1v) is 11.1. The highest BCUT2D eigenvalue weighted by Crippen LogP contribution is 2.37. The number of rotatable bonds is 5. The van der Waals surface area contributed by atoms with Crippen LogP contribution in [0.15, 0.2) is 30.6 Å². The molecule has 0 atom stereocenters. The Balaban J connectivity index is 1.61. The Labute approximate surface area is 195 Å². The molecule has 33 heavy (non-hydrogen) atoms. The van der Waals surface area contributed by atoms with Crippen LogP contribution in [-0.4, -0.2) is 82.7 Å². The zero-order valence-electron chi connectivity index (χ0n) is 18.8. The summed E-state index contributed by atoms with van der Waals surface area (Å²) >= 11 is 6.36. The summed E-state index contributed by atoms with van der Waals surface area (Å²) in [5, 5.41) is 1.44. The van der Waals surface area contributed by atoms with Crippen LogP contribution in [0.1, 0.15) is 0 Å². The van der Waals surface area contributed by atoms with Crippen LogP contribution in [0.2, 0.25) is 5.02 Å². The van der Waals surface area contributed by atoms with E-state index in [1.807, 2.05) is 27.8 Å². The van der Waals surface area contributed by atoms with Gasteiger partial charge in [-0.25, -0.2) is 9.97 Å². The Bertz CT molecular complexity index is 1340. The summed E-state index contributed by atoms with van der Waals surface area (Å²) in [4.78, 5) is 29.6. The fraction of sp³-hybridized carbons (Fsp3) is 0.348. The maximum Gasteiger partial charge on any atom is 0.257 e. The molecule has 1 saturated heterocycles. The molecule has 1 aliphatic heterocycles. The van der Waals surface area contributed by atoms with E-state index in [9.17, 15) is 4.79 Å². The molecule has 1 amide bonds. The number of hydrogen-bond acceptors (Lipinski definition) is 6. The number of methoxy groups -OCH3 is 2. The van der Waals surface area contributed by atoms with Crippen molar-refractivity contribution in [3.05, 3.63) is 35.6 Å². The molecule has 0 aromatic carbocycles. The van der Waals surface area contributed by atoms with E-state index in [-0.39, 0.29) is 12.5 Å². The standard InChI is InChI=1S/C23H25ClN6O3/c1-28-6-8-29(9-7-28)20(31)13-30-12-15(17-10-14-16(24)4-5-25-22(14)26-17)21-18(30)11-19(32-2)23(27-21)33-3/h4-5,10-12H,6-9,13H2,1-3H3,(H,25,26). The second-order valence-electron chi connectivity index (χ2n) is 8.16. The quantitative estimate of drug-likeness (QED) is 0.484. The average molecular weight is 469 g/mol. The number of carbonyl (C=O) groups excluding carboxylic acids is 1. The molecule has 4 aromatic heterocycles. The van der Waals surface area contributed by atoms with Crippen molar-refractivity contribution in [1.29, 1.82) is 0 Å². The molecule has 0 unspecified atom stereocenters. The van der Waals surface area contributed by atoms with Gasteiger partial charge in [0.25, 0.3) is 5.88 Å². The Morgan fingerprint density at radius 3 is 2.67 bits per heavy atom. The van der Waals surface area contributed by atoms with Crippen molar-refractivity contribution in [2.24, 2.45) is 0 Å². The van der Waals surface area contributed by atoms with Crippen molar-refractivity contribution in [3.8, 4) is 22.9 Å². The van der Waals surface area contributed by atoms with Gasteiger partial charge in [-0.15, -0.1) is 0 Å². The Kier molecular flexibility index (Phi) is 5.59. The predicted octanol–water partition coefficient (Wildman–Crippen LogP) is 3.02. The zero-order chi connectivity index (χ0) is 23.1.